The van der Waals surface area contributed by atoms with Gasteiger partial charge in [0.05, 0.1) is 0 Å². The summed E-state index contributed by atoms with van der Waals surface area (Å²) in [6.45, 7) is 2.63. The van der Waals surface area contributed by atoms with Crippen molar-refractivity contribution in [3.63, 3.8) is 0 Å². The number of hydrogen-bond acceptors (Lipinski definition) is 1. The van der Waals surface area contributed by atoms with E-state index in [1.807, 2.05) is 0 Å². The van der Waals surface area contributed by atoms with Gasteiger partial charge in [0.25, 0.3) is 0 Å². The first kappa shape index (κ1) is 9.75. The van der Waals surface area contributed by atoms with Gasteiger partial charge >= 0.3 is 67.8 Å². The van der Waals surface area contributed by atoms with Crippen LogP contribution in [0.3, 0.4) is 0 Å². The van der Waals surface area contributed by atoms with Gasteiger partial charge in [0.1, 0.15) is 0 Å². The molecule has 0 spiro atoms. The van der Waals surface area contributed by atoms with Gasteiger partial charge in [-0.3, -0.25) is 0 Å². The number of hydrogen-bond donors (Lipinski definition) is 1. The molecule has 0 rings (SSSR count). The standard InChI is InChI=1S/C7H16OTe/c1-2-3-6-9-7-4-5-8/h8H,2-7H2,1H3. The van der Waals surface area contributed by atoms with E-state index in [1.165, 1.54) is 21.8 Å². The minimum absolute atomic E-state index is 0.298. The molecule has 56 valence electrons. The molecule has 0 unspecified atom stereocenters. The summed E-state index contributed by atoms with van der Waals surface area (Å²) in [6.07, 6.45) is 3.80. The molecule has 0 bridgehead atoms. The average Bonchev–Trinajstić information content (AvgIpc) is 1.89. The van der Waals surface area contributed by atoms with E-state index in [2.05, 4.69) is 6.92 Å². The van der Waals surface area contributed by atoms with Crippen molar-refractivity contribution in [3.05, 3.63) is 0 Å². The SMILES string of the molecule is CCCC[Te]CCCO. The molecule has 0 fully saturated rings. The zero-order chi connectivity index (χ0) is 6.95. The van der Waals surface area contributed by atoms with E-state index in [0.29, 0.717) is 27.5 Å². The van der Waals surface area contributed by atoms with Gasteiger partial charge in [-0.1, -0.05) is 0 Å². The zero-order valence-electron chi connectivity index (χ0n) is 6.10. The van der Waals surface area contributed by atoms with E-state index in [9.17, 15) is 0 Å². The second kappa shape index (κ2) is 8.75. The Morgan fingerprint density at radius 2 is 1.89 bits per heavy atom. The van der Waals surface area contributed by atoms with Crippen molar-refractivity contribution in [2.75, 3.05) is 6.61 Å². The molecule has 0 saturated heterocycles. The molecule has 2 heteroatoms. The molecule has 0 heterocycles. The van der Waals surface area contributed by atoms with Crippen LogP contribution in [-0.2, 0) is 0 Å². The summed E-state index contributed by atoms with van der Waals surface area (Å²) in [5.74, 6) is 0. The Morgan fingerprint density at radius 3 is 2.44 bits per heavy atom. The molecular weight excluding hydrogens is 228 g/mol. The topological polar surface area (TPSA) is 20.2 Å². The third-order valence-corrected chi connectivity index (χ3v) is 4.38. The molecule has 0 aromatic carbocycles. The molecule has 0 aromatic rings. The van der Waals surface area contributed by atoms with Gasteiger partial charge in [-0.25, -0.2) is 0 Å². The van der Waals surface area contributed by atoms with Gasteiger partial charge in [-0.15, -0.1) is 0 Å². The molecule has 0 aliphatic rings. The fourth-order valence-corrected chi connectivity index (χ4v) is 3.46. The summed E-state index contributed by atoms with van der Waals surface area (Å²) >= 11 is 0.298. The summed E-state index contributed by atoms with van der Waals surface area (Å²) in [6, 6.07) is 0. The molecule has 0 aromatic heterocycles. The first-order chi connectivity index (χ1) is 4.41. The van der Waals surface area contributed by atoms with Crippen molar-refractivity contribution in [1.29, 1.82) is 0 Å². The number of aliphatic hydroxyl groups is 1. The molecular formula is C7H16OTe. The average molecular weight is 244 g/mol. The third kappa shape index (κ3) is 8.75. The Bertz CT molecular complexity index is 42.2. The van der Waals surface area contributed by atoms with Gasteiger partial charge in [0, 0.05) is 0 Å². The van der Waals surface area contributed by atoms with Crippen LogP contribution < -0.4 is 0 Å². The first-order valence-electron chi connectivity index (χ1n) is 3.60. The van der Waals surface area contributed by atoms with Gasteiger partial charge in [0.2, 0.25) is 0 Å². The van der Waals surface area contributed by atoms with Crippen molar-refractivity contribution in [2.45, 2.75) is 35.1 Å². The van der Waals surface area contributed by atoms with Crippen molar-refractivity contribution >= 4 is 20.9 Å². The van der Waals surface area contributed by atoms with Gasteiger partial charge in [-0.2, -0.15) is 0 Å². The Hall–Kier alpha value is 0.750. The fraction of sp³-hybridized carbons (Fsp3) is 1.00. The van der Waals surface area contributed by atoms with Crippen molar-refractivity contribution in [1.82, 2.24) is 0 Å². The van der Waals surface area contributed by atoms with Gasteiger partial charge in [0.15, 0.2) is 0 Å². The summed E-state index contributed by atoms with van der Waals surface area (Å²) in [7, 11) is 0. The molecule has 0 amide bonds. The summed E-state index contributed by atoms with van der Waals surface area (Å²) in [5.41, 5.74) is 0. The molecule has 0 radical (unpaired) electrons. The van der Waals surface area contributed by atoms with Crippen LogP contribution in [0.1, 0.15) is 26.2 Å². The summed E-state index contributed by atoms with van der Waals surface area (Å²) in [5, 5.41) is 8.44. The van der Waals surface area contributed by atoms with E-state index >= 15 is 0 Å². The van der Waals surface area contributed by atoms with E-state index in [1.54, 1.807) is 0 Å². The van der Waals surface area contributed by atoms with E-state index in [4.69, 9.17) is 5.11 Å². The Balaban J connectivity index is 2.60. The Kier molecular flexibility index (Phi) is 9.48. The molecule has 0 atom stereocenters. The summed E-state index contributed by atoms with van der Waals surface area (Å²) in [4.78, 5) is 0. The number of rotatable bonds is 6. The van der Waals surface area contributed by atoms with Crippen molar-refractivity contribution < 1.29 is 5.11 Å². The van der Waals surface area contributed by atoms with Crippen LogP contribution in [0.5, 0.6) is 0 Å². The minimum atomic E-state index is 0.298. The van der Waals surface area contributed by atoms with E-state index in [-0.39, 0.29) is 0 Å². The number of unbranched alkanes of at least 4 members (excludes halogenated alkanes) is 1. The molecule has 1 nitrogen and oxygen atoms in total. The maximum atomic E-state index is 8.44. The molecule has 9 heavy (non-hydrogen) atoms. The van der Waals surface area contributed by atoms with Crippen LogP contribution >= 0.6 is 0 Å². The second-order valence-corrected chi connectivity index (χ2v) is 5.54. The van der Waals surface area contributed by atoms with Crippen LogP contribution in [0.2, 0.25) is 8.94 Å². The van der Waals surface area contributed by atoms with E-state index < -0.39 is 0 Å². The predicted octanol–water partition coefficient (Wildman–Crippen LogP) is 1.71. The Morgan fingerprint density at radius 1 is 1.22 bits per heavy atom. The quantitative estimate of drug-likeness (QED) is 0.556. The second-order valence-electron chi connectivity index (χ2n) is 2.04. The van der Waals surface area contributed by atoms with Crippen LogP contribution in [0.4, 0.5) is 0 Å². The van der Waals surface area contributed by atoms with Gasteiger partial charge in [-0.05, 0) is 0 Å². The van der Waals surface area contributed by atoms with Crippen LogP contribution in [0, 0.1) is 0 Å². The summed E-state index contributed by atoms with van der Waals surface area (Å²) < 4.78 is 2.81. The molecule has 0 aliphatic heterocycles. The fourth-order valence-electron chi connectivity index (χ4n) is 0.515. The van der Waals surface area contributed by atoms with E-state index in [0.717, 1.165) is 6.42 Å². The van der Waals surface area contributed by atoms with Crippen LogP contribution in [0.25, 0.3) is 0 Å². The molecule has 1 N–H and O–H groups in total. The maximum absolute atomic E-state index is 8.44. The van der Waals surface area contributed by atoms with Gasteiger partial charge < -0.3 is 0 Å². The zero-order valence-corrected chi connectivity index (χ0v) is 8.43. The molecule has 0 saturated carbocycles. The van der Waals surface area contributed by atoms with Crippen molar-refractivity contribution in [3.8, 4) is 0 Å². The number of aliphatic hydroxyl groups excluding tert-OH is 1. The first-order valence-corrected chi connectivity index (χ1v) is 6.90. The third-order valence-electron chi connectivity index (χ3n) is 1.09. The predicted molar refractivity (Wildman–Crippen MR) is 42.0 cm³/mol. The molecule has 0 aliphatic carbocycles. The monoisotopic (exact) mass is 246 g/mol. The van der Waals surface area contributed by atoms with Crippen LogP contribution in [0.15, 0.2) is 0 Å². The van der Waals surface area contributed by atoms with Crippen molar-refractivity contribution in [2.24, 2.45) is 0 Å². The van der Waals surface area contributed by atoms with Crippen LogP contribution in [-0.4, -0.2) is 32.6 Å². The Labute approximate surface area is 67.9 Å². The normalized spacial score (nSPS) is 10.0.